The van der Waals surface area contributed by atoms with E-state index in [0.29, 0.717) is 12.0 Å². The van der Waals surface area contributed by atoms with Crippen LogP contribution in [0.2, 0.25) is 0 Å². The predicted octanol–water partition coefficient (Wildman–Crippen LogP) is -0.570. The van der Waals surface area contributed by atoms with Crippen molar-refractivity contribution < 1.29 is 4.74 Å². The summed E-state index contributed by atoms with van der Waals surface area (Å²) < 4.78 is 6.47. The first kappa shape index (κ1) is 9.79. The Labute approximate surface area is 77.3 Å². The molecule has 0 saturated carbocycles. The molecule has 0 unspecified atom stereocenters. The number of likely N-dealkylation sites (N-methyl/N-ethyl adjacent to an activating group) is 1. The van der Waals surface area contributed by atoms with Crippen molar-refractivity contribution in [3.8, 4) is 6.01 Å². The Hall–Kier alpha value is -1.30. The van der Waals surface area contributed by atoms with E-state index in [-0.39, 0.29) is 0 Å². The van der Waals surface area contributed by atoms with Gasteiger partial charge in [-0.25, -0.2) is 4.68 Å². The predicted molar refractivity (Wildman–Crippen MR) is 49.5 cm³/mol. The maximum absolute atomic E-state index is 5.59. The van der Waals surface area contributed by atoms with Gasteiger partial charge in [0.25, 0.3) is 0 Å². The zero-order chi connectivity index (χ0) is 9.84. The summed E-state index contributed by atoms with van der Waals surface area (Å²) in [5.74, 6) is 0.388. The molecule has 0 saturated heterocycles. The molecule has 1 aromatic rings. The highest BCUT2D eigenvalue weighted by molar-refractivity contribution is 5.18. The average molecular weight is 185 g/mol. The number of ether oxygens (including phenoxy) is 1. The number of rotatable bonds is 4. The van der Waals surface area contributed by atoms with Crippen molar-refractivity contribution in [2.24, 2.45) is 0 Å². The molecule has 0 aliphatic rings. The molecule has 0 aromatic carbocycles. The van der Waals surface area contributed by atoms with Crippen molar-refractivity contribution in [3.05, 3.63) is 0 Å². The lowest BCUT2D eigenvalue weighted by Gasteiger charge is -2.08. The van der Waals surface area contributed by atoms with Crippen molar-refractivity contribution in [2.75, 3.05) is 33.5 Å². The van der Waals surface area contributed by atoms with Crippen LogP contribution < -0.4 is 10.5 Å². The fourth-order valence-corrected chi connectivity index (χ4v) is 0.878. The van der Waals surface area contributed by atoms with Crippen molar-refractivity contribution >= 4 is 5.95 Å². The molecule has 1 rings (SSSR count). The minimum atomic E-state index is 0.316. The Morgan fingerprint density at radius 1 is 1.54 bits per heavy atom. The van der Waals surface area contributed by atoms with E-state index in [1.165, 1.54) is 7.11 Å². The summed E-state index contributed by atoms with van der Waals surface area (Å²) >= 11 is 0. The minimum absolute atomic E-state index is 0.316. The van der Waals surface area contributed by atoms with E-state index in [1.54, 1.807) is 4.68 Å². The number of aromatic nitrogens is 3. The molecule has 0 bridgehead atoms. The van der Waals surface area contributed by atoms with E-state index >= 15 is 0 Å². The summed E-state index contributed by atoms with van der Waals surface area (Å²) in [7, 11) is 5.50. The van der Waals surface area contributed by atoms with Gasteiger partial charge in [-0.05, 0) is 14.1 Å². The fourth-order valence-electron chi connectivity index (χ4n) is 0.878. The molecule has 1 heterocycles. The van der Waals surface area contributed by atoms with Crippen LogP contribution in [-0.4, -0.2) is 47.4 Å². The highest BCUT2D eigenvalue weighted by Crippen LogP contribution is 2.05. The maximum Gasteiger partial charge on any atom is 0.337 e. The summed E-state index contributed by atoms with van der Waals surface area (Å²) in [5.41, 5.74) is 5.59. The summed E-state index contributed by atoms with van der Waals surface area (Å²) in [6, 6.07) is 0.316. The Morgan fingerprint density at radius 3 is 2.69 bits per heavy atom. The molecule has 0 aliphatic heterocycles. The van der Waals surface area contributed by atoms with Crippen LogP contribution in [0.3, 0.4) is 0 Å². The number of hydrogen-bond donors (Lipinski definition) is 1. The lowest BCUT2D eigenvalue weighted by atomic mass is 10.6. The summed E-state index contributed by atoms with van der Waals surface area (Å²) in [6.07, 6.45) is 0. The summed E-state index contributed by atoms with van der Waals surface area (Å²) in [5, 5.41) is 4.03. The third-order valence-corrected chi connectivity index (χ3v) is 1.62. The number of nitrogens with two attached hydrogens (primary N) is 1. The molecule has 0 radical (unpaired) electrons. The zero-order valence-electron chi connectivity index (χ0n) is 8.19. The van der Waals surface area contributed by atoms with Crippen molar-refractivity contribution in [2.45, 2.75) is 6.54 Å². The largest absolute Gasteiger partial charge is 0.466 e. The molecule has 13 heavy (non-hydrogen) atoms. The number of nitrogens with zero attached hydrogens (tertiary/aromatic N) is 4. The number of hydrogen-bond acceptors (Lipinski definition) is 5. The first-order chi connectivity index (χ1) is 6.13. The van der Waals surface area contributed by atoms with Crippen LogP contribution >= 0.6 is 0 Å². The third-order valence-electron chi connectivity index (χ3n) is 1.62. The molecule has 0 amide bonds. The lowest BCUT2D eigenvalue weighted by Crippen LogP contribution is -2.20. The highest BCUT2D eigenvalue weighted by atomic mass is 16.5. The molecule has 6 heteroatoms. The molecule has 2 N–H and O–H groups in total. The SMILES string of the molecule is COc1nc(N)n(CCN(C)C)n1. The Bertz CT molecular complexity index is 270. The van der Waals surface area contributed by atoms with Gasteiger partial charge in [-0.15, -0.1) is 5.10 Å². The normalized spacial score (nSPS) is 10.8. The molecule has 0 aliphatic carbocycles. The molecule has 6 nitrogen and oxygen atoms in total. The van der Waals surface area contributed by atoms with Gasteiger partial charge in [-0.1, -0.05) is 0 Å². The molecule has 0 spiro atoms. The maximum atomic E-state index is 5.59. The Balaban J connectivity index is 2.60. The lowest BCUT2D eigenvalue weighted by molar-refractivity contribution is 0.355. The summed E-state index contributed by atoms with van der Waals surface area (Å²) in [6.45, 7) is 1.59. The van der Waals surface area contributed by atoms with Crippen molar-refractivity contribution in [1.82, 2.24) is 19.7 Å². The average Bonchev–Trinajstić information content (AvgIpc) is 2.43. The van der Waals surface area contributed by atoms with Crippen molar-refractivity contribution in [3.63, 3.8) is 0 Å². The number of methoxy groups -OCH3 is 1. The molecular formula is C7H15N5O. The van der Waals surface area contributed by atoms with Crippen LogP contribution in [0.25, 0.3) is 0 Å². The van der Waals surface area contributed by atoms with E-state index in [1.807, 2.05) is 19.0 Å². The van der Waals surface area contributed by atoms with E-state index in [4.69, 9.17) is 10.5 Å². The van der Waals surface area contributed by atoms with Gasteiger partial charge >= 0.3 is 6.01 Å². The summed E-state index contributed by atoms with van der Waals surface area (Å²) in [4.78, 5) is 5.95. The van der Waals surface area contributed by atoms with Crippen LogP contribution in [0.15, 0.2) is 0 Å². The number of anilines is 1. The van der Waals surface area contributed by atoms with Crippen LogP contribution in [0, 0.1) is 0 Å². The minimum Gasteiger partial charge on any atom is -0.466 e. The molecule has 0 atom stereocenters. The Kier molecular flexibility index (Phi) is 3.07. The fraction of sp³-hybridized carbons (Fsp3) is 0.714. The molecule has 1 aromatic heterocycles. The highest BCUT2D eigenvalue weighted by Gasteiger charge is 2.05. The second-order valence-electron chi connectivity index (χ2n) is 2.98. The van der Waals surface area contributed by atoms with Gasteiger partial charge in [0.05, 0.1) is 13.7 Å². The topological polar surface area (TPSA) is 69.2 Å². The monoisotopic (exact) mass is 185 g/mol. The molecule has 74 valence electrons. The van der Waals surface area contributed by atoms with E-state index in [0.717, 1.165) is 13.1 Å². The van der Waals surface area contributed by atoms with Gasteiger partial charge in [0, 0.05) is 6.54 Å². The second kappa shape index (κ2) is 4.08. The van der Waals surface area contributed by atoms with Crippen LogP contribution in [0.4, 0.5) is 5.95 Å². The van der Waals surface area contributed by atoms with Gasteiger partial charge in [0.1, 0.15) is 0 Å². The standard InChI is InChI=1S/C7H15N5O/c1-11(2)4-5-12-6(8)9-7(10-12)13-3/h4-5H2,1-3H3,(H2,8,9,10). The zero-order valence-corrected chi connectivity index (χ0v) is 8.19. The third kappa shape index (κ3) is 2.59. The van der Waals surface area contributed by atoms with Crippen LogP contribution in [-0.2, 0) is 6.54 Å². The van der Waals surface area contributed by atoms with Gasteiger partial charge < -0.3 is 15.4 Å². The van der Waals surface area contributed by atoms with E-state index in [9.17, 15) is 0 Å². The quantitative estimate of drug-likeness (QED) is 0.680. The molecular weight excluding hydrogens is 170 g/mol. The Morgan fingerprint density at radius 2 is 2.23 bits per heavy atom. The van der Waals surface area contributed by atoms with Gasteiger partial charge in [0.15, 0.2) is 0 Å². The van der Waals surface area contributed by atoms with Gasteiger partial charge in [0.2, 0.25) is 5.95 Å². The van der Waals surface area contributed by atoms with E-state index in [2.05, 4.69) is 10.1 Å². The van der Waals surface area contributed by atoms with Crippen LogP contribution in [0.5, 0.6) is 6.01 Å². The van der Waals surface area contributed by atoms with Crippen molar-refractivity contribution in [1.29, 1.82) is 0 Å². The second-order valence-corrected chi connectivity index (χ2v) is 2.98. The first-order valence-electron chi connectivity index (χ1n) is 4.02. The van der Waals surface area contributed by atoms with Gasteiger partial charge in [-0.2, -0.15) is 4.98 Å². The van der Waals surface area contributed by atoms with E-state index < -0.39 is 0 Å². The van der Waals surface area contributed by atoms with Crippen LogP contribution in [0.1, 0.15) is 0 Å². The van der Waals surface area contributed by atoms with Gasteiger partial charge in [-0.3, -0.25) is 0 Å². The first-order valence-corrected chi connectivity index (χ1v) is 4.02. The smallest absolute Gasteiger partial charge is 0.337 e. The number of nitrogen functional groups attached to an aromatic ring is 1. The molecule has 0 fully saturated rings.